The van der Waals surface area contributed by atoms with E-state index in [9.17, 15) is 9.90 Å². The molecule has 1 aliphatic rings. The number of aryl methyl sites for hydroxylation is 1. The number of carbonyl (C=O) groups excluding carboxylic acids is 1. The summed E-state index contributed by atoms with van der Waals surface area (Å²) in [5.41, 5.74) is 1.56. The van der Waals surface area contributed by atoms with Crippen LogP contribution in [0.15, 0.2) is 43.0 Å². The van der Waals surface area contributed by atoms with E-state index in [2.05, 4.69) is 4.98 Å². The number of carbonyl (C=O) groups is 1. The molecule has 0 unspecified atom stereocenters. The molecule has 0 bridgehead atoms. The summed E-state index contributed by atoms with van der Waals surface area (Å²) in [7, 11) is 0. The predicted molar refractivity (Wildman–Crippen MR) is 89.5 cm³/mol. The van der Waals surface area contributed by atoms with Gasteiger partial charge in [0.25, 0.3) is 0 Å². The number of nitrogens with zero attached hydrogens (tertiary/aromatic N) is 3. The standard InChI is InChI=1S/C18H23N3O3/c1-15-4-2-3-5-16(15)10-18(13-22)12-21(8-9-24-18)17(23)11-20-7-6-19-14-20/h2-7,14,22H,8-13H2,1H3/t18-/m0/s1. The van der Waals surface area contributed by atoms with Crippen LogP contribution in [0.5, 0.6) is 0 Å². The van der Waals surface area contributed by atoms with Crippen molar-refractivity contribution in [3.8, 4) is 0 Å². The summed E-state index contributed by atoms with van der Waals surface area (Å²) in [6.07, 6.45) is 5.64. The number of imidazole rings is 1. The van der Waals surface area contributed by atoms with Crippen molar-refractivity contribution in [2.75, 3.05) is 26.3 Å². The van der Waals surface area contributed by atoms with Gasteiger partial charge in [-0.3, -0.25) is 4.79 Å². The van der Waals surface area contributed by atoms with E-state index in [1.807, 2.05) is 31.2 Å². The van der Waals surface area contributed by atoms with Crippen molar-refractivity contribution in [3.63, 3.8) is 0 Å². The molecule has 0 saturated carbocycles. The van der Waals surface area contributed by atoms with Crippen LogP contribution in [0.3, 0.4) is 0 Å². The molecule has 1 aromatic carbocycles. The number of morpholine rings is 1. The molecular weight excluding hydrogens is 306 g/mol. The van der Waals surface area contributed by atoms with Crippen LogP contribution in [-0.4, -0.2) is 57.4 Å². The maximum atomic E-state index is 12.5. The fraction of sp³-hybridized carbons (Fsp3) is 0.444. The molecule has 2 heterocycles. The largest absolute Gasteiger partial charge is 0.393 e. The third kappa shape index (κ3) is 3.66. The Hall–Kier alpha value is -2.18. The Morgan fingerprint density at radius 3 is 2.96 bits per heavy atom. The van der Waals surface area contributed by atoms with Crippen molar-refractivity contribution < 1.29 is 14.6 Å². The van der Waals surface area contributed by atoms with Crippen LogP contribution >= 0.6 is 0 Å². The van der Waals surface area contributed by atoms with E-state index in [1.54, 1.807) is 28.2 Å². The van der Waals surface area contributed by atoms with E-state index in [4.69, 9.17) is 4.74 Å². The quantitative estimate of drug-likeness (QED) is 0.889. The van der Waals surface area contributed by atoms with Crippen molar-refractivity contribution in [1.82, 2.24) is 14.5 Å². The lowest BCUT2D eigenvalue weighted by atomic mass is 9.91. The predicted octanol–water partition coefficient (Wildman–Crippen LogP) is 1.02. The second kappa shape index (κ2) is 7.15. The Labute approximate surface area is 141 Å². The van der Waals surface area contributed by atoms with E-state index in [0.717, 1.165) is 11.1 Å². The highest BCUT2D eigenvalue weighted by Crippen LogP contribution is 2.24. The van der Waals surface area contributed by atoms with Crippen LogP contribution in [0, 0.1) is 6.92 Å². The fourth-order valence-corrected chi connectivity index (χ4v) is 3.11. The van der Waals surface area contributed by atoms with Crippen LogP contribution in [0.25, 0.3) is 0 Å². The molecule has 0 radical (unpaired) electrons. The zero-order chi connectivity index (χ0) is 17.0. The first-order chi connectivity index (χ1) is 11.6. The van der Waals surface area contributed by atoms with E-state index in [1.165, 1.54) is 0 Å². The van der Waals surface area contributed by atoms with Crippen LogP contribution < -0.4 is 0 Å². The smallest absolute Gasteiger partial charge is 0.242 e. The highest BCUT2D eigenvalue weighted by Gasteiger charge is 2.38. The van der Waals surface area contributed by atoms with E-state index >= 15 is 0 Å². The molecule has 1 aliphatic heterocycles. The van der Waals surface area contributed by atoms with Crippen molar-refractivity contribution >= 4 is 5.91 Å². The van der Waals surface area contributed by atoms with Crippen molar-refractivity contribution in [2.45, 2.75) is 25.5 Å². The number of ether oxygens (including phenoxy) is 1. The van der Waals surface area contributed by atoms with Gasteiger partial charge >= 0.3 is 0 Å². The highest BCUT2D eigenvalue weighted by molar-refractivity contribution is 5.76. The summed E-state index contributed by atoms with van der Waals surface area (Å²) in [6, 6.07) is 8.07. The number of amides is 1. The molecule has 1 aromatic heterocycles. The van der Waals surface area contributed by atoms with E-state index < -0.39 is 5.60 Å². The summed E-state index contributed by atoms with van der Waals surface area (Å²) in [5.74, 6) is 0.0129. The number of hydrogen-bond donors (Lipinski definition) is 1. The Bertz CT molecular complexity index is 687. The van der Waals surface area contributed by atoms with Gasteiger partial charge in [0.2, 0.25) is 5.91 Å². The molecular formula is C18H23N3O3. The van der Waals surface area contributed by atoms with Crippen molar-refractivity contribution in [1.29, 1.82) is 0 Å². The van der Waals surface area contributed by atoms with Crippen LogP contribution in [0.4, 0.5) is 0 Å². The van der Waals surface area contributed by atoms with E-state index in [0.29, 0.717) is 26.1 Å². The maximum Gasteiger partial charge on any atom is 0.242 e. The molecule has 6 heteroatoms. The zero-order valence-electron chi connectivity index (χ0n) is 13.9. The minimum atomic E-state index is -0.741. The highest BCUT2D eigenvalue weighted by atomic mass is 16.5. The third-order valence-electron chi connectivity index (χ3n) is 4.54. The second-order valence-electron chi connectivity index (χ2n) is 6.34. The monoisotopic (exact) mass is 329 g/mol. The summed E-state index contributed by atoms with van der Waals surface area (Å²) in [6.45, 7) is 3.56. The number of aliphatic hydroxyl groups is 1. The van der Waals surface area contributed by atoms with Gasteiger partial charge in [-0.05, 0) is 18.1 Å². The Morgan fingerprint density at radius 1 is 1.42 bits per heavy atom. The molecule has 1 saturated heterocycles. The fourth-order valence-electron chi connectivity index (χ4n) is 3.11. The molecule has 1 fully saturated rings. The lowest BCUT2D eigenvalue weighted by Crippen LogP contribution is -2.57. The average Bonchev–Trinajstić information content (AvgIpc) is 3.10. The molecule has 24 heavy (non-hydrogen) atoms. The minimum absolute atomic E-state index is 0.0129. The minimum Gasteiger partial charge on any atom is -0.393 e. The van der Waals surface area contributed by atoms with Gasteiger partial charge in [-0.2, -0.15) is 0 Å². The summed E-state index contributed by atoms with van der Waals surface area (Å²) in [4.78, 5) is 18.3. The Morgan fingerprint density at radius 2 is 2.25 bits per heavy atom. The van der Waals surface area contributed by atoms with Crippen molar-refractivity contribution in [2.24, 2.45) is 0 Å². The summed E-state index contributed by atoms with van der Waals surface area (Å²) < 4.78 is 7.68. The van der Waals surface area contributed by atoms with Gasteiger partial charge in [0.15, 0.2) is 0 Å². The SMILES string of the molecule is Cc1ccccc1C[C@@]1(CO)CN(C(=O)Cn2ccnc2)CCO1. The first kappa shape index (κ1) is 16.7. The molecule has 0 spiro atoms. The van der Waals surface area contributed by atoms with Gasteiger partial charge in [-0.1, -0.05) is 24.3 Å². The Balaban J connectivity index is 1.72. The molecule has 1 atom stereocenters. The van der Waals surface area contributed by atoms with Gasteiger partial charge < -0.3 is 19.3 Å². The van der Waals surface area contributed by atoms with Crippen LogP contribution in [-0.2, 0) is 22.5 Å². The maximum absolute atomic E-state index is 12.5. The first-order valence-electron chi connectivity index (χ1n) is 8.15. The summed E-state index contributed by atoms with van der Waals surface area (Å²) in [5, 5.41) is 9.97. The first-order valence-corrected chi connectivity index (χ1v) is 8.15. The molecule has 2 aromatic rings. The van der Waals surface area contributed by atoms with Gasteiger partial charge in [-0.25, -0.2) is 4.98 Å². The summed E-state index contributed by atoms with van der Waals surface area (Å²) >= 11 is 0. The normalized spacial score (nSPS) is 21.0. The molecule has 1 amide bonds. The topological polar surface area (TPSA) is 67.6 Å². The number of aliphatic hydroxyl groups excluding tert-OH is 1. The number of rotatable bonds is 5. The van der Waals surface area contributed by atoms with Gasteiger partial charge in [0, 0.05) is 25.4 Å². The van der Waals surface area contributed by atoms with E-state index in [-0.39, 0.29) is 19.1 Å². The molecule has 3 rings (SSSR count). The number of benzene rings is 1. The molecule has 0 aliphatic carbocycles. The molecule has 128 valence electrons. The number of aromatic nitrogens is 2. The number of hydrogen-bond acceptors (Lipinski definition) is 4. The van der Waals surface area contributed by atoms with Crippen LogP contribution in [0.1, 0.15) is 11.1 Å². The van der Waals surface area contributed by atoms with Gasteiger partial charge in [0.1, 0.15) is 12.1 Å². The lowest BCUT2D eigenvalue weighted by molar-refractivity contribution is -0.158. The van der Waals surface area contributed by atoms with Gasteiger partial charge in [0.05, 0.1) is 26.1 Å². The van der Waals surface area contributed by atoms with Crippen molar-refractivity contribution in [3.05, 3.63) is 54.1 Å². The molecule has 6 nitrogen and oxygen atoms in total. The lowest BCUT2D eigenvalue weighted by Gasteiger charge is -2.42. The third-order valence-corrected chi connectivity index (χ3v) is 4.54. The van der Waals surface area contributed by atoms with Gasteiger partial charge in [-0.15, -0.1) is 0 Å². The van der Waals surface area contributed by atoms with Crippen LogP contribution in [0.2, 0.25) is 0 Å². The Kier molecular flexibility index (Phi) is 4.97. The molecule has 1 N–H and O–H groups in total. The zero-order valence-corrected chi connectivity index (χ0v) is 13.9. The second-order valence-corrected chi connectivity index (χ2v) is 6.34. The average molecular weight is 329 g/mol.